The van der Waals surface area contributed by atoms with Crippen molar-refractivity contribution in [1.82, 2.24) is 19.6 Å². The van der Waals surface area contributed by atoms with Crippen LogP contribution in [0, 0.1) is 0 Å². The first-order chi connectivity index (χ1) is 9.54. The lowest BCUT2D eigenvalue weighted by molar-refractivity contribution is -0.140. The van der Waals surface area contributed by atoms with Crippen molar-refractivity contribution in [3.05, 3.63) is 41.3 Å². The highest BCUT2D eigenvalue weighted by Gasteiger charge is 2.33. The van der Waals surface area contributed by atoms with Gasteiger partial charge in [-0.1, -0.05) is 0 Å². The molecule has 0 amide bonds. The van der Waals surface area contributed by atoms with Gasteiger partial charge in [-0.2, -0.15) is 18.3 Å². The molecule has 5 nitrogen and oxygen atoms in total. The minimum Gasteiger partial charge on any atom is -0.356 e. The maximum Gasteiger partial charge on any atom is 0.434 e. The molecule has 3 aromatic rings. The molecule has 0 unspecified atom stereocenters. The number of fused-ring (bicyclic) bond motifs is 1. The van der Waals surface area contributed by atoms with Crippen molar-refractivity contribution in [3.63, 3.8) is 0 Å². The number of aromatic nitrogens is 4. The summed E-state index contributed by atoms with van der Waals surface area (Å²) in [4.78, 5) is 7.61. The summed E-state index contributed by atoms with van der Waals surface area (Å²) in [5, 5.41) is 8.15. The molecule has 20 heavy (non-hydrogen) atoms. The standard InChI is InChI=1S/C11H8F3N5S/c12-11(13,14)8-6-20-10(18-8)16-5-7-1-3-15-9-2-4-17-19(7)9/h1-4,6H,5H2,(H,16,18). The molecule has 3 heterocycles. The lowest BCUT2D eigenvalue weighted by atomic mass is 10.4. The third-order valence-electron chi connectivity index (χ3n) is 2.58. The maximum atomic E-state index is 12.4. The SMILES string of the molecule is FC(F)(F)c1csc(NCc2ccnc3ccnn23)n1. The van der Waals surface area contributed by atoms with E-state index in [1.54, 1.807) is 29.0 Å². The molecule has 0 fully saturated rings. The van der Waals surface area contributed by atoms with Crippen molar-refractivity contribution >= 4 is 22.1 Å². The Bertz CT molecular complexity index is 733. The Hall–Kier alpha value is -2.16. The molecule has 0 aliphatic rings. The minimum atomic E-state index is -4.41. The molecule has 3 rings (SSSR count). The fraction of sp³-hybridized carbons (Fsp3) is 0.182. The second kappa shape index (κ2) is 4.75. The summed E-state index contributed by atoms with van der Waals surface area (Å²) in [6, 6.07) is 3.49. The summed E-state index contributed by atoms with van der Waals surface area (Å²) in [6.07, 6.45) is -1.18. The van der Waals surface area contributed by atoms with Crippen molar-refractivity contribution in [1.29, 1.82) is 0 Å². The molecule has 0 spiro atoms. The van der Waals surface area contributed by atoms with Gasteiger partial charge in [-0.25, -0.2) is 14.5 Å². The second-order valence-corrected chi connectivity index (χ2v) is 4.78. The molecule has 1 N–H and O–H groups in total. The number of nitrogens with one attached hydrogen (secondary N) is 1. The van der Waals surface area contributed by atoms with Gasteiger partial charge in [0.25, 0.3) is 0 Å². The van der Waals surface area contributed by atoms with Crippen molar-refractivity contribution in [2.24, 2.45) is 0 Å². The molecule has 0 aromatic carbocycles. The van der Waals surface area contributed by atoms with Crippen LogP contribution in [0.4, 0.5) is 18.3 Å². The van der Waals surface area contributed by atoms with Crippen molar-refractivity contribution in [3.8, 4) is 0 Å². The predicted octanol–water partition coefficient (Wildman–Crippen LogP) is 2.82. The summed E-state index contributed by atoms with van der Waals surface area (Å²) in [6.45, 7) is 0.311. The Kier molecular flexibility index (Phi) is 3.05. The van der Waals surface area contributed by atoms with E-state index in [4.69, 9.17) is 0 Å². The van der Waals surface area contributed by atoms with Gasteiger partial charge in [0.05, 0.1) is 18.4 Å². The first kappa shape index (κ1) is 12.9. The van der Waals surface area contributed by atoms with E-state index in [1.807, 2.05) is 0 Å². The van der Waals surface area contributed by atoms with Gasteiger partial charge in [-0.15, -0.1) is 11.3 Å². The fourth-order valence-corrected chi connectivity index (χ4v) is 2.39. The van der Waals surface area contributed by atoms with Crippen LogP contribution >= 0.6 is 11.3 Å². The zero-order valence-corrected chi connectivity index (χ0v) is 10.7. The summed E-state index contributed by atoms with van der Waals surface area (Å²) < 4.78 is 38.9. The van der Waals surface area contributed by atoms with E-state index in [-0.39, 0.29) is 5.13 Å². The molecule has 9 heteroatoms. The maximum absolute atomic E-state index is 12.4. The fourth-order valence-electron chi connectivity index (χ4n) is 1.67. The van der Waals surface area contributed by atoms with Crippen LogP contribution in [0.2, 0.25) is 0 Å². The molecule has 0 bridgehead atoms. The van der Waals surface area contributed by atoms with E-state index >= 15 is 0 Å². The Balaban J connectivity index is 1.76. The average molecular weight is 299 g/mol. The minimum absolute atomic E-state index is 0.217. The van der Waals surface area contributed by atoms with Gasteiger partial charge in [0, 0.05) is 17.6 Å². The number of rotatable bonds is 3. The Morgan fingerprint density at radius 1 is 1.25 bits per heavy atom. The molecule has 0 atom stereocenters. The Morgan fingerprint density at radius 3 is 2.85 bits per heavy atom. The van der Waals surface area contributed by atoms with E-state index in [9.17, 15) is 13.2 Å². The lowest BCUT2D eigenvalue weighted by Gasteiger charge is -2.05. The van der Waals surface area contributed by atoms with Gasteiger partial charge in [-0.3, -0.25) is 0 Å². The first-order valence-corrected chi connectivity index (χ1v) is 6.46. The molecule has 104 valence electrons. The van der Waals surface area contributed by atoms with Crippen LogP contribution in [0.25, 0.3) is 5.65 Å². The summed E-state index contributed by atoms with van der Waals surface area (Å²) in [5.74, 6) is 0. The number of anilines is 1. The Labute approximate surface area is 115 Å². The van der Waals surface area contributed by atoms with E-state index in [0.29, 0.717) is 12.2 Å². The van der Waals surface area contributed by atoms with Gasteiger partial charge in [0.15, 0.2) is 16.5 Å². The van der Waals surface area contributed by atoms with Crippen LogP contribution in [-0.2, 0) is 12.7 Å². The quantitative estimate of drug-likeness (QED) is 0.808. The van der Waals surface area contributed by atoms with Crippen LogP contribution in [0.1, 0.15) is 11.4 Å². The summed E-state index contributed by atoms with van der Waals surface area (Å²) in [5.41, 5.74) is 0.576. The van der Waals surface area contributed by atoms with Crippen molar-refractivity contribution in [2.75, 3.05) is 5.32 Å². The number of halogens is 3. The zero-order valence-electron chi connectivity index (χ0n) is 9.92. The summed E-state index contributed by atoms with van der Waals surface area (Å²) >= 11 is 0.916. The van der Waals surface area contributed by atoms with Gasteiger partial charge in [-0.05, 0) is 6.07 Å². The van der Waals surface area contributed by atoms with Gasteiger partial charge >= 0.3 is 6.18 Å². The van der Waals surface area contributed by atoms with E-state index < -0.39 is 11.9 Å². The molecule has 0 aliphatic carbocycles. The molecule has 3 aromatic heterocycles. The van der Waals surface area contributed by atoms with Gasteiger partial charge < -0.3 is 5.32 Å². The van der Waals surface area contributed by atoms with Crippen LogP contribution in [-0.4, -0.2) is 19.6 Å². The molecule has 0 aliphatic heterocycles. The molecular weight excluding hydrogens is 291 g/mol. The normalized spacial score (nSPS) is 11.9. The van der Waals surface area contributed by atoms with Crippen molar-refractivity contribution in [2.45, 2.75) is 12.7 Å². The highest BCUT2D eigenvalue weighted by molar-refractivity contribution is 7.13. The number of hydrogen-bond acceptors (Lipinski definition) is 5. The number of hydrogen-bond donors (Lipinski definition) is 1. The second-order valence-electron chi connectivity index (χ2n) is 3.93. The van der Waals surface area contributed by atoms with Crippen LogP contribution in [0.15, 0.2) is 29.9 Å². The van der Waals surface area contributed by atoms with Crippen LogP contribution in [0.3, 0.4) is 0 Å². The largest absolute Gasteiger partial charge is 0.434 e. The molecule has 0 saturated heterocycles. The van der Waals surface area contributed by atoms with E-state index in [2.05, 4.69) is 20.4 Å². The highest BCUT2D eigenvalue weighted by atomic mass is 32.1. The topological polar surface area (TPSA) is 55.1 Å². The third kappa shape index (κ3) is 2.44. The van der Waals surface area contributed by atoms with Gasteiger partial charge in [0.2, 0.25) is 0 Å². The molecule has 0 saturated carbocycles. The summed E-state index contributed by atoms with van der Waals surface area (Å²) in [7, 11) is 0. The Morgan fingerprint density at radius 2 is 2.10 bits per heavy atom. The van der Waals surface area contributed by atoms with Crippen LogP contribution < -0.4 is 5.32 Å². The average Bonchev–Trinajstić information content (AvgIpc) is 3.04. The molecular formula is C11H8F3N5S. The number of thiazole rings is 1. The third-order valence-corrected chi connectivity index (χ3v) is 3.38. The monoisotopic (exact) mass is 299 g/mol. The smallest absolute Gasteiger partial charge is 0.356 e. The van der Waals surface area contributed by atoms with Crippen LogP contribution in [0.5, 0.6) is 0 Å². The number of alkyl halides is 3. The molecule has 0 radical (unpaired) electrons. The van der Waals surface area contributed by atoms with E-state index in [0.717, 1.165) is 22.4 Å². The highest BCUT2D eigenvalue weighted by Crippen LogP contribution is 2.31. The number of nitrogens with zero attached hydrogens (tertiary/aromatic N) is 4. The lowest BCUT2D eigenvalue weighted by Crippen LogP contribution is -2.08. The first-order valence-electron chi connectivity index (χ1n) is 5.58. The van der Waals surface area contributed by atoms with E-state index in [1.165, 1.54) is 0 Å². The van der Waals surface area contributed by atoms with Crippen molar-refractivity contribution < 1.29 is 13.2 Å². The zero-order chi connectivity index (χ0) is 14.2. The van der Waals surface area contributed by atoms with Gasteiger partial charge in [0.1, 0.15) is 0 Å². The predicted molar refractivity (Wildman–Crippen MR) is 67.4 cm³/mol.